The Kier molecular flexibility index (Phi) is 4.90. The van der Waals surface area contributed by atoms with Crippen molar-refractivity contribution < 1.29 is 8.78 Å². The predicted molar refractivity (Wildman–Crippen MR) is 55.9 cm³/mol. The third kappa shape index (κ3) is 4.07. The number of halogens is 2. The molecule has 1 nitrogen and oxygen atoms in total. The first-order chi connectivity index (χ1) is 6.72. The topological polar surface area (TPSA) is 12.0 Å². The lowest BCUT2D eigenvalue weighted by Crippen LogP contribution is -2.10. The molecule has 0 aromatic heterocycles. The molecule has 0 fully saturated rings. The van der Waals surface area contributed by atoms with E-state index < -0.39 is 5.76 Å². The van der Waals surface area contributed by atoms with Crippen LogP contribution in [0.25, 0.3) is 0 Å². The molecule has 14 heavy (non-hydrogen) atoms. The van der Waals surface area contributed by atoms with Crippen LogP contribution < -0.4 is 5.32 Å². The van der Waals surface area contributed by atoms with Crippen molar-refractivity contribution in [2.75, 3.05) is 13.6 Å². The Morgan fingerprint density at radius 3 is 2.43 bits per heavy atom. The van der Waals surface area contributed by atoms with Crippen molar-refractivity contribution in [1.29, 1.82) is 0 Å². The summed E-state index contributed by atoms with van der Waals surface area (Å²) in [7, 11) is 1.89. The van der Waals surface area contributed by atoms with Crippen LogP contribution in [0.1, 0.15) is 5.56 Å². The quantitative estimate of drug-likeness (QED) is 0.761. The van der Waals surface area contributed by atoms with Crippen LogP contribution >= 0.6 is 11.8 Å². The van der Waals surface area contributed by atoms with Gasteiger partial charge < -0.3 is 5.32 Å². The molecular weight excluding hydrogens is 204 g/mol. The van der Waals surface area contributed by atoms with E-state index in [0.717, 1.165) is 18.5 Å². The van der Waals surface area contributed by atoms with Crippen LogP contribution in [-0.4, -0.2) is 19.3 Å². The van der Waals surface area contributed by atoms with Gasteiger partial charge in [0, 0.05) is 4.90 Å². The Morgan fingerprint density at radius 2 is 1.93 bits per heavy atom. The molecule has 0 radical (unpaired) electrons. The number of hydrogen-bond acceptors (Lipinski definition) is 2. The molecule has 0 aliphatic carbocycles. The molecule has 0 spiro atoms. The summed E-state index contributed by atoms with van der Waals surface area (Å²) < 4.78 is 24.0. The highest BCUT2D eigenvalue weighted by Gasteiger charge is 2.04. The summed E-state index contributed by atoms with van der Waals surface area (Å²) in [4.78, 5) is 0.619. The maximum Gasteiger partial charge on any atom is 0.288 e. The summed E-state index contributed by atoms with van der Waals surface area (Å²) >= 11 is 0.582. The lowest BCUT2D eigenvalue weighted by atomic mass is 10.1. The van der Waals surface area contributed by atoms with E-state index in [1.165, 1.54) is 0 Å². The van der Waals surface area contributed by atoms with Crippen molar-refractivity contribution in [3.05, 3.63) is 29.8 Å². The Balaban J connectivity index is 2.50. The lowest BCUT2D eigenvalue weighted by Gasteiger charge is -2.03. The minimum absolute atomic E-state index is 0.582. The van der Waals surface area contributed by atoms with E-state index in [1.807, 2.05) is 19.2 Å². The van der Waals surface area contributed by atoms with Gasteiger partial charge >= 0.3 is 0 Å². The molecule has 0 bridgehead atoms. The zero-order valence-electron chi connectivity index (χ0n) is 7.97. The first-order valence-electron chi connectivity index (χ1n) is 4.40. The molecule has 1 aromatic carbocycles. The van der Waals surface area contributed by atoms with Gasteiger partial charge in [0.2, 0.25) is 0 Å². The van der Waals surface area contributed by atoms with E-state index in [9.17, 15) is 8.78 Å². The van der Waals surface area contributed by atoms with E-state index in [-0.39, 0.29) is 0 Å². The van der Waals surface area contributed by atoms with Crippen LogP contribution in [0.15, 0.2) is 29.2 Å². The monoisotopic (exact) mass is 217 g/mol. The average Bonchev–Trinajstić information content (AvgIpc) is 2.16. The number of thioether (sulfide) groups is 1. The summed E-state index contributed by atoms with van der Waals surface area (Å²) in [5.74, 6) is -2.34. The molecule has 0 saturated heterocycles. The van der Waals surface area contributed by atoms with Crippen LogP contribution in [0.2, 0.25) is 0 Å². The van der Waals surface area contributed by atoms with Crippen LogP contribution in [0.5, 0.6) is 0 Å². The highest BCUT2D eigenvalue weighted by Crippen LogP contribution is 2.25. The first-order valence-corrected chi connectivity index (χ1v) is 5.28. The molecule has 1 N–H and O–H groups in total. The van der Waals surface area contributed by atoms with Gasteiger partial charge in [0.05, 0.1) is 0 Å². The fourth-order valence-electron chi connectivity index (χ4n) is 1.11. The Morgan fingerprint density at radius 1 is 1.29 bits per heavy atom. The number of rotatable bonds is 5. The number of nitrogens with one attached hydrogen (secondary N) is 1. The highest BCUT2D eigenvalue weighted by molar-refractivity contribution is 7.99. The highest BCUT2D eigenvalue weighted by atomic mass is 32.2. The van der Waals surface area contributed by atoms with Gasteiger partial charge in [-0.1, -0.05) is 23.9 Å². The van der Waals surface area contributed by atoms with Crippen LogP contribution in [-0.2, 0) is 6.42 Å². The summed E-state index contributed by atoms with van der Waals surface area (Å²) in [6, 6.07) is 7.26. The summed E-state index contributed by atoms with van der Waals surface area (Å²) in [5.41, 5.74) is 1.16. The van der Waals surface area contributed by atoms with Gasteiger partial charge in [-0.3, -0.25) is 0 Å². The van der Waals surface area contributed by atoms with Crippen molar-refractivity contribution >= 4 is 11.8 Å². The van der Waals surface area contributed by atoms with Gasteiger partial charge in [-0.15, -0.1) is 0 Å². The van der Waals surface area contributed by atoms with E-state index in [0.29, 0.717) is 16.7 Å². The fraction of sp³-hybridized carbons (Fsp3) is 0.400. The number of hydrogen-bond donors (Lipinski definition) is 1. The van der Waals surface area contributed by atoms with Gasteiger partial charge in [0.25, 0.3) is 5.76 Å². The molecule has 0 aliphatic heterocycles. The van der Waals surface area contributed by atoms with Crippen LogP contribution in [0.3, 0.4) is 0 Å². The minimum Gasteiger partial charge on any atom is -0.319 e. The molecule has 0 heterocycles. The van der Waals surface area contributed by atoms with Crippen molar-refractivity contribution in [2.45, 2.75) is 17.1 Å². The Bertz CT molecular complexity index is 261. The Hall–Kier alpha value is -0.610. The van der Waals surface area contributed by atoms with Gasteiger partial charge in [0.1, 0.15) is 0 Å². The maximum atomic E-state index is 12.0. The number of alkyl halides is 2. The van der Waals surface area contributed by atoms with Gasteiger partial charge in [0.15, 0.2) is 0 Å². The third-order valence-electron chi connectivity index (χ3n) is 1.81. The summed E-state index contributed by atoms with van der Waals surface area (Å²) in [5, 5.41) is 3.04. The molecule has 0 atom stereocenters. The summed E-state index contributed by atoms with van der Waals surface area (Å²) in [6.07, 6.45) is 0.927. The van der Waals surface area contributed by atoms with Crippen LogP contribution in [0, 0.1) is 0 Å². The molecule has 0 amide bonds. The van der Waals surface area contributed by atoms with Gasteiger partial charge in [-0.05, 0) is 37.7 Å². The molecular formula is C10H13F2NS. The van der Waals surface area contributed by atoms with E-state index in [1.54, 1.807) is 12.1 Å². The van der Waals surface area contributed by atoms with Gasteiger partial charge in [-0.2, -0.15) is 8.78 Å². The predicted octanol–water partition coefficient (Wildman–Crippen LogP) is 2.76. The SMILES string of the molecule is CNCCc1ccc(SC(F)F)cc1. The van der Waals surface area contributed by atoms with Crippen molar-refractivity contribution in [3.63, 3.8) is 0 Å². The zero-order valence-corrected chi connectivity index (χ0v) is 8.78. The fourth-order valence-corrected chi connectivity index (χ4v) is 1.61. The first kappa shape index (κ1) is 11.5. The minimum atomic E-state index is -2.34. The third-order valence-corrected chi connectivity index (χ3v) is 2.53. The van der Waals surface area contributed by atoms with Crippen molar-refractivity contribution in [2.24, 2.45) is 0 Å². The second-order valence-electron chi connectivity index (χ2n) is 2.88. The molecule has 1 rings (SSSR count). The Labute approximate surface area is 86.9 Å². The lowest BCUT2D eigenvalue weighted by molar-refractivity contribution is 0.252. The maximum absolute atomic E-state index is 12.0. The second kappa shape index (κ2) is 5.98. The van der Waals surface area contributed by atoms with Gasteiger partial charge in [-0.25, -0.2) is 0 Å². The standard InChI is InChI=1S/C10H13F2NS/c1-13-7-6-8-2-4-9(5-3-8)14-10(11)12/h2-5,10,13H,6-7H2,1H3. The van der Waals surface area contributed by atoms with E-state index >= 15 is 0 Å². The molecule has 4 heteroatoms. The number of benzene rings is 1. The van der Waals surface area contributed by atoms with E-state index in [4.69, 9.17) is 0 Å². The van der Waals surface area contributed by atoms with Crippen LogP contribution in [0.4, 0.5) is 8.78 Å². The number of likely N-dealkylation sites (N-methyl/N-ethyl adjacent to an activating group) is 1. The molecule has 78 valence electrons. The van der Waals surface area contributed by atoms with E-state index in [2.05, 4.69) is 5.32 Å². The normalized spacial score (nSPS) is 10.9. The van der Waals surface area contributed by atoms with Crippen molar-refractivity contribution in [3.8, 4) is 0 Å². The molecule has 1 aromatic rings. The molecule has 0 unspecified atom stereocenters. The summed E-state index contributed by atoms with van der Waals surface area (Å²) in [6.45, 7) is 0.904. The van der Waals surface area contributed by atoms with Crippen molar-refractivity contribution in [1.82, 2.24) is 5.32 Å². The molecule has 0 saturated carbocycles. The average molecular weight is 217 g/mol. The molecule has 0 aliphatic rings. The largest absolute Gasteiger partial charge is 0.319 e. The zero-order chi connectivity index (χ0) is 10.4. The second-order valence-corrected chi connectivity index (χ2v) is 3.94. The smallest absolute Gasteiger partial charge is 0.288 e.